The number of hydrogen-bond acceptors (Lipinski definition) is 2. The molecule has 0 saturated heterocycles. The van der Waals surface area contributed by atoms with Gasteiger partial charge in [-0.05, 0) is 37.1 Å². The zero-order chi connectivity index (χ0) is 13.8. The summed E-state index contributed by atoms with van der Waals surface area (Å²) in [7, 11) is 4.15. The summed E-state index contributed by atoms with van der Waals surface area (Å²) >= 11 is 0. The molecule has 1 N–H and O–H groups in total. The average Bonchev–Trinajstić information content (AvgIpc) is 2.41. The van der Waals surface area contributed by atoms with Crippen molar-refractivity contribution in [3.05, 3.63) is 59.7 Å². The van der Waals surface area contributed by atoms with Crippen LogP contribution in [-0.2, 0) is 0 Å². The molecule has 2 rings (SSSR count). The number of nitrogens with zero attached hydrogens (tertiary/aromatic N) is 1. The molecular formula is C17H22N2. The lowest BCUT2D eigenvalue weighted by Crippen LogP contribution is -2.12. The summed E-state index contributed by atoms with van der Waals surface area (Å²) in [5, 5.41) is 3.55. The van der Waals surface area contributed by atoms with Crippen LogP contribution in [0.2, 0.25) is 0 Å². The maximum absolute atomic E-state index is 3.55. The highest BCUT2D eigenvalue weighted by Gasteiger charge is 2.07. The number of benzene rings is 2. The first-order valence-electron chi connectivity index (χ1n) is 6.67. The lowest BCUT2D eigenvalue weighted by molar-refractivity contribution is 0.884. The molecule has 0 spiro atoms. The monoisotopic (exact) mass is 254 g/mol. The van der Waals surface area contributed by atoms with Crippen molar-refractivity contribution < 1.29 is 0 Å². The smallest absolute Gasteiger partial charge is 0.0485 e. The van der Waals surface area contributed by atoms with E-state index in [0.717, 1.165) is 5.69 Å². The van der Waals surface area contributed by atoms with Gasteiger partial charge in [-0.25, -0.2) is 0 Å². The predicted molar refractivity (Wildman–Crippen MR) is 84.0 cm³/mol. The zero-order valence-corrected chi connectivity index (χ0v) is 12.1. The lowest BCUT2D eigenvalue weighted by atomic mass is 10.1. The molecule has 0 aliphatic rings. The van der Waals surface area contributed by atoms with Crippen LogP contribution >= 0.6 is 0 Å². The largest absolute Gasteiger partial charge is 0.378 e. The van der Waals surface area contributed by atoms with E-state index in [1.807, 2.05) is 6.07 Å². The Morgan fingerprint density at radius 1 is 1.00 bits per heavy atom. The second kappa shape index (κ2) is 5.79. The quantitative estimate of drug-likeness (QED) is 0.878. The van der Waals surface area contributed by atoms with Gasteiger partial charge in [-0.1, -0.05) is 36.4 Å². The van der Waals surface area contributed by atoms with Crippen LogP contribution in [0.5, 0.6) is 0 Å². The fourth-order valence-corrected chi connectivity index (χ4v) is 2.26. The highest BCUT2D eigenvalue weighted by atomic mass is 15.1. The zero-order valence-electron chi connectivity index (χ0n) is 12.1. The summed E-state index contributed by atoms with van der Waals surface area (Å²) in [5.74, 6) is 0. The normalized spacial score (nSPS) is 12.0. The summed E-state index contributed by atoms with van der Waals surface area (Å²) in [6, 6.07) is 17.3. The first kappa shape index (κ1) is 13.5. The van der Waals surface area contributed by atoms with Crippen molar-refractivity contribution in [3.8, 4) is 0 Å². The van der Waals surface area contributed by atoms with E-state index in [-0.39, 0.29) is 0 Å². The van der Waals surface area contributed by atoms with Gasteiger partial charge in [-0.2, -0.15) is 0 Å². The number of hydrogen-bond donors (Lipinski definition) is 1. The molecule has 2 aromatic carbocycles. The highest BCUT2D eigenvalue weighted by molar-refractivity contribution is 5.62. The van der Waals surface area contributed by atoms with Crippen LogP contribution in [0.25, 0.3) is 0 Å². The van der Waals surface area contributed by atoms with Gasteiger partial charge in [0, 0.05) is 31.5 Å². The van der Waals surface area contributed by atoms with Gasteiger partial charge in [-0.3, -0.25) is 0 Å². The Labute approximate surface area is 116 Å². The van der Waals surface area contributed by atoms with Crippen molar-refractivity contribution in [3.63, 3.8) is 0 Å². The van der Waals surface area contributed by atoms with Crippen molar-refractivity contribution in [2.75, 3.05) is 24.3 Å². The number of nitrogens with one attached hydrogen (secondary N) is 1. The van der Waals surface area contributed by atoms with Crippen molar-refractivity contribution in [1.29, 1.82) is 0 Å². The molecule has 2 nitrogen and oxygen atoms in total. The fourth-order valence-electron chi connectivity index (χ4n) is 2.26. The molecule has 0 heterocycles. The third-order valence-electron chi connectivity index (χ3n) is 3.37. The van der Waals surface area contributed by atoms with E-state index in [4.69, 9.17) is 0 Å². The van der Waals surface area contributed by atoms with Gasteiger partial charge in [0.05, 0.1) is 0 Å². The summed E-state index contributed by atoms with van der Waals surface area (Å²) in [4.78, 5) is 2.15. The third kappa shape index (κ3) is 3.28. The molecule has 0 aliphatic carbocycles. The fraction of sp³-hybridized carbons (Fsp3) is 0.294. The minimum atomic E-state index is 0.305. The highest BCUT2D eigenvalue weighted by Crippen LogP contribution is 2.25. The second-order valence-corrected chi connectivity index (χ2v) is 5.17. The molecule has 100 valence electrons. The predicted octanol–water partition coefficient (Wildman–Crippen LogP) is 4.23. The van der Waals surface area contributed by atoms with Gasteiger partial charge in [0.15, 0.2) is 0 Å². The first-order valence-corrected chi connectivity index (χ1v) is 6.67. The Bertz CT molecular complexity index is 532. The van der Waals surface area contributed by atoms with E-state index in [0.29, 0.717) is 6.04 Å². The summed E-state index contributed by atoms with van der Waals surface area (Å²) in [6.45, 7) is 4.32. The van der Waals surface area contributed by atoms with Gasteiger partial charge >= 0.3 is 0 Å². The molecule has 0 amide bonds. The molecule has 0 radical (unpaired) electrons. The topological polar surface area (TPSA) is 15.3 Å². The van der Waals surface area contributed by atoms with Gasteiger partial charge < -0.3 is 10.2 Å². The van der Waals surface area contributed by atoms with Crippen LogP contribution in [0.4, 0.5) is 11.4 Å². The van der Waals surface area contributed by atoms with E-state index in [1.165, 1.54) is 16.8 Å². The Morgan fingerprint density at radius 2 is 1.68 bits per heavy atom. The minimum absolute atomic E-state index is 0.305. The maximum atomic E-state index is 3.55. The van der Waals surface area contributed by atoms with Crippen LogP contribution in [0.1, 0.15) is 24.1 Å². The molecule has 0 bridgehead atoms. The van der Waals surface area contributed by atoms with E-state index in [2.05, 4.69) is 80.6 Å². The lowest BCUT2D eigenvalue weighted by Gasteiger charge is -2.20. The number of aryl methyl sites for hydroxylation is 1. The SMILES string of the molecule is Cc1ccc(NC(C)c2ccccc2)cc1N(C)C. The standard InChI is InChI=1S/C17H22N2/c1-13-10-11-16(12-17(13)19(3)4)18-14(2)15-8-6-5-7-9-15/h5-12,14,18H,1-4H3. The number of rotatable bonds is 4. The van der Waals surface area contributed by atoms with E-state index < -0.39 is 0 Å². The van der Waals surface area contributed by atoms with Crippen LogP contribution in [0, 0.1) is 6.92 Å². The number of anilines is 2. The molecule has 19 heavy (non-hydrogen) atoms. The molecule has 0 saturated carbocycles. The first-order chi connectivity index (χ1) is 9.08. The summed E-state index contributed by atoms with van der Waals surface area (Å²) in [5.41, 5.74) is 5.01. The second-order valence-electron chi connectivity index (χ2n) is 5.17. The molecular weight excluding hydrogens is 232 g/mol. The molecule has 2 heteroatoms. The molecule has 0 aliphatic heterocycles. The van der Waals surface area contributed by atoms with Crippen LogP contribution in [-0.4, -0.2) is 14.1 Å². The summed E-state index contributed by atoms with van der Waals surface area (Å²) in [6.07, 6.45) is 0. The molecule has 1 unspecified atom stereocenters. The van der Waals surface area contributed by atoms with Gasteiger partial charge in [0.2, 0.25) is 0 Å². The molecule has 0 fully saturated rings. The summed E-state index contributed by atoms with van der Waals surface area (Å²) < 4.78 is 0. The van der Waals surface area contributed by atoms with Crippen LogP contribution in [0.3, 0.4) is 0 Å². The van der Waals surface area contributed by atoms with Crippen molar-refractivity contribution in [1.82, 2.24) is 0 Å². The van der Waals surface area contributed by atoms with Gasteiger partial charge in [0.25, 0.3) is 0 Å². The van der Waals surface area contributed by atoms with Crippen molar-refractivity contribution >= 4 is 11.4 Å². The van der Waals surface area contributed by atoms with Gasteiger partial charge in [-0.15, -0.1) is 0 Å². The van der Waals surface area contributed by atoms with Crippen LogP contribution < -0.4 is 10.2 Å². The Balaban J connectivity index is 2.18. The van der Waals surface area contributed by atoms with E-state index in [1.54, 1.807) is 0 Å². The Hall–Kier alpha value is -1.96. The van der Waals surface area contributed by atoms with E-state index >= 15 is 0 Å². The van der Waals surface area contributed by atoms with Crippen LogP contribution in [0.15, 0.2) is 48.5 Å². The average molecular weight is 254 g/mol. The Kier molecular flexibility index (Phi) is 4.10. The van der Waals surface area contributed by atoms with Crippen molar-refractivity contribution in [2.45, 2.75) is 19.9 Å². The van der Waals surface area contributed by atoms with E-state index in [9.17, 15) is 0 Å². The minimum Gasteiger partial charge on any atom is -0.378 e. The molecule has 1 atom stereocenters. The Morgan fingerprint density at radius 3 is 2.32 bits per heavy atom. The maximum Gasteiger partial charge on any atom is 0.0485 e. The molecule has 2 aromatic rings. The van der Waals surface area contributed by atoms with Gasteiger partial charge in [0.1, 0.15) is 0 Å². The third-order valence-corrected chi connectivity index (χ3v) is 3.37. The molecule has 0 aromatic heterocycles. The van der Waals surface area contributed by atoms with Crippen molar-refractivity contribution in [2.24, 2.45) is 0 Å².